The SMILES string of the molecule is Cc1cccc(OCCNC(=O)c2ccc(CN(c3ccc(Cl)c(Cl)c3)S(C)(=O)=O)cc2)c1. The van der Waals surface area contributed by atoms with Gasteiger partial charge < -0.3 is 10.1 Å². The van der Waals surface area contributed by atoms with E-state index in [4.69, 9.17) is 27.9 Å². The Bertz CT molecular complexity index is 1230. The van der Waals surface area contributed by atoms with Gasteiger partial charge in [0.25, 0.3) is 5.91 Å². The van der Waals surface area contributed by atoms with Crippen LogP contribution in [0.2, 0.25) is 10.0 Å². The van der Waals surface area contributed by atoms with Gasteiger partial charge in [-0.3, -0.25) is 9.10 Å². The van der Waals surface area contributed by atoms with Crippen LogP contribution in [0.5, 0.6) is 5.75 Å². The van der Waals surface area contributed by atoms with Crippen LogP contribution < -0.4 is 14.4 Å². The van der Waals surface area contributed by atoms with Crippen molar-refractivity contribution in [2.45, 2.75) is 13.5 Å². The number of benzene rings is 3. The number of anilines is 1. The smallest absolute Gasteiger partial charge is 0.251 e. The lowest BCUT2D eigenvalue weighted by Gasteiger charge is -2.23. The van der Waals surface area contributed by atoms with Crippen molar-refractivity contribution in [1.29, 1.82) is 0 Å². The molecule has 0 fully saturated rings. The summed E-state index contributed by atoms with van der Waals surface area (Å²) in [5.74, 6) is 0.518. The van der Waals surface area contributed by atoms with Crippen molar-refractivity contribution in [2.24, 2.45) is 0 Å². The summed E-state index contributed by atoms with van der Waals surface area (Å²) in [5, 5.41) is 3.41. The van der Waals surface area contributed by atoms with Gasteiger partial charge in [0, 0.05) is 5.56 Å². The first-order chi connectivity index (χ1) is 15.6. The van der Waals surface area contributed by atoms with Crippen LogP contribution in [0.4, 0.5) is 5.69 Å². The number of hydrogen-bond acceptors (Lipinski definition) is 4. The van der Waals surface area contributed by atoms with Gasteiger partial charge in [-0.25, -0.2) is 8.42 Å². The molecule has 33 heavy (non-hydrogen) atoms. The van der Waals surface area contributed by atoms with E-state index in [2.05, 4.69) is 5.32 Å². The molecule has 0 aliphatic rings. The molecule has 0 aliphatic heterocycles. The lowest BCUT2D eigenvalue weighted by molar-refractivity contribution is 0.0947. The number of halogens is 2. The zero-order chi connectivity index (χ0) is 24.0. The highest BCUT2D eigenvalue weighted by molar-refractivity contribution is 7.92. The van der Waals surface area contributed by atoms with Crippen LogP contribution in [0.1, 0.15) is 21.5 Å². The van der Waals surface area contributed by atoms with Gasteiger partial charge in [-0.05, 0) is 60.5 Å². The van der Waals surface area contributed by atoms with Crippen molar-refractivity contribution >= 4 is 44.8 Å². The van der Waals surface area contributed by atoms with Gasteiger partial charge in [-0.15, -0.1) is 0 Å². The van der Waals surface area contributed by atoms with Crippen molar-refractivity contribution < 1.29 is 17.9 Å². The quantitative estimate of drug-likeness (QED) is 0.410. The highest BCUT2D eigenvalue weighted by Gasteiger charge is 2.19. The summed E-state index contributed by atoms with van der Waals surface area (Å²) in [4.78, 5) is 12.4. The molecule has 0 saturated heterocycles. The van der Waals surface area contributed by atoms with Gasteiger partial charge in [0.2, 0.25) is 10.0 Å². The number of rotatable bonds is 9. The average Bonchev–Trinajstić information content (AvgIpc) is 2.76. The van der Waals surface area contributed by atoms with Crippen molar-refractivity contribution in [3.63, 3.8) is 0 Å². The standard InChI is InChI=1S/C24H24Cl2N2O4S/c1-17-4-3-5-21(14-17)32-13-12-27-24(29)19-8-6-18(7-9-19)16-28(33(2,30)31)20-10-11-22(25)23(26)15-20/h3-11,14-15H,12-13,16H2,1-2H3,(H,27,29). The lowest BCUT2D eigenvalue weighted by atomic mass is 10.1. The third-order valence-electron chi connectivity index (χ3n) is 4.78. The average molecular weight is 507 g/mol. The topological polar surface area (TPSA) is 75.7 Å². The minimum absolute atomic E-state index is 0.0863. The van der Waals surface area contributed by atoms with Crippen molar-refractivity contribution in [2.75, 3.05) is 23.7 Å². The molecular weight excluding hydrogens is 483 g/mol. The molecule has 1 N–H and O–H groups in total. The molecule has 0 spiro atoms. The monoisotopic (exact) mass is 506 g/mol. The molecule has 0 heterocycles. The van der Waals surface area contributed by atoms with Crippen LogP contribution in [0.3, 0.4) is 0 Å². The third-order valence-corrected chi connectivity index (χ3v) is 6.66. The fraction of sp³-hybridized carbons (Fsp3) is 0.208. The minimum atomic E-state index is -3.57. The molecule has 0 atom stereocenters. The summed E-state index contributed by atoms with van der Waals surface area (Å²) in [6, 6.07) is 19.1. The lowest BCUT2D eigenvalue weighted by Crippen LogP contribution is -2.29. The largest absolute Gasteiger partial charge is 0.492 e. The second kappa shape index (κ2) is 10.9. The fourth-order valence-electron chi connectivity index (χ4n) is 3.11. The molecular formula is C24H24Cl2N2O4S. The zero-order valence-electron chi connectivity index (χ0n) is 18.2. The maximum Gasteiger partial charge on any atom is 0.251 e. The van der Waals surface area contributed by atoms with Crippen molar-refractivity contribution in [1.82, 2.24) is 5.32 Å². The summed E-state index contributed by atoms with van der Waals surface area (Å²) in [5.41, 5.74) is 2.69. The van der Waals surface area contributed by atoms with Crippen LogP contribution in [0.15, 0.2) is 66.7 Å². The molecule has 0 aliphatic carbocycles. The predicted octanol–water partition coefficient (Wildman–Crippen LogP) is 5.08. The fourth-order valence-corrected chi connectivity index (χ4v) is 4.28. The van der Waals surface area contributed by atoms with E-state index in [9.17, 15) is 13.2 Å². The number of nitrogens with one attached hydrogen (secondary N) is 1. The highest BCUT2D eigenvalue weighted by Crippen LogP contribution is 2.29. The molecule has 0 unspecified atom stereocenters. The Kier molecular flexibility index (Phi) is 8.24. The molecule has 3 aromatic carbocycles. The molecule has 3 rings (SSSR count). The van der Waals surface area contributed by atoms with E-state index in [0.29, 0.717) is 35.0 Å². The van der Waals surface area contributed by atoms with Crippen LogP contribution in [0.25, 0.3) is 0 Å². The summed E-state index contributed by atoms with van der Waals surface area (Å²) in [6.07, 6.45) is 1.12. The number of amides is 1. The number of carbonyl (C=O) groups is 1. The maximum absolute atomic E-state index is 12.4. The van der Waals surface area contributed by atoms with Gasteiger partial charge in [0.1, 0.15) is 12.4 Å². The van der Waals surface area contributed by atoms with Crippen LogP contribution >= 0.6 is 23.2 Å². The molecule has 6 nitrogen and oxygen atoms in total. The molecule has 0 saturated carbocycles. The Morgan fingerprint density at radius 1 is 1.00 bits per heavy atom. The number of hydrogen-bond donors (Lipinski definition) is 1. The van der Waals surface area contributed by atoms with Gasteiger partial charge in [0.05, 0.1) is 35.1 Å². The van der Waals surface area contributed by atoms with Crippen LogP contribution in [0, 0.1) is 6.92 Å². The van der Waals surface area contributed by atoms with E-state index in [0.717, 1.165) is 17.6 Å². The molecule has 9 heteroatoms. The number of aryl methyl sites for hydroxylation is 1. The van der Waals surface area contributed by atoms with E-state index in [1.807, 2.05) is 31.2 Å². The van der Waals surface area contributed by atoms with Crippen molar-refractivity contribution in [3.8, 4) is 5.75 Å². The summed E-state index contributed by atoms with van der Waals surface area (Å²) in [6.45, 7) is 2.77. The Labute approximate surface area is 204 Å². The summed E-state index contributed by atoms with van der Waals surface area (Å²) >= 11 is 12.0. The number of carbonyl (C=O) groups excluding carboxylic acids is 1. The van der Waals surface area contributed by atoms with E-state index in [1.54, 1.807) is 36.4 Å². The first-order valence-corrected chi connectivity index (χ1v) is 12.7. The van der Waals surface area contributed by atoms with Crippen LogP contribution in [-0.2, 0) is 16.6 Å². The zero-order valence-corrected chi connectivity index (χ0v) is 20.5. The normalized spacial score (nSPS) is 11.2. The van der Waals surface area contributed by atoms with Gasteiger partial charge in [-0.1, -0.05) is 47.5 Å². The number of sulfonamides is 1. The van der Waals surface area contributed by atoms with E-state index in [1.165, 1.54) is 10.4 Å². The van der Waals surface area contributed by atoms with E-state index < -0.39 is 10.0 Å². The molecule has 0 bridgehead atoms. The van der Waals surface area contributed by atoms with E-state index in [-0.39, 0.29) is 17.5 Å². The first kappa shape index (κ1) is 24.9. The molecule has 1 amide bonds. The van der Waals surface area contributed by atoms with Crippen molar-refractivity contribution in [3.05, 3.63) is 93.5 Å². The molecule has 3 aromatic rings. The van der Waals surface area contributed by atoms with Gasteiger partial charge in [-0.2, -0.15) is 0 Å². The summed E-state index contributed by atoms with van der Waals surface area (Å²) in [7, 11) is -3.57. The molecule has 174 valence electrons. The Balaban J connectivity index is 1.59. The number of nitrogens with zero attached hydrogens (tertiary/aromatic N) is 1. The second-order valence-electron chi connectivity index (χ2n) is 7.49. The Morgan fingerprint density at radius 3 is 2.36 bits per heavy atom. The summed E-state index contributed by atoms with van der Waals surface area (Å²) < 4.78 is 31.6. The Hall–Kier alpha value is -2.74. The van der Waals surface area contributed by atoms with E-state index >= 15 is 0 Å². The first-order valence-electron chi connectivity index (χ1n) is 10.1. The third kappa shape index (κ3) is 7.12. The van der Waals surface area contributed by atoms with Gasteiger partial charge in [0.15, 0.2) is 0 Å². The molecule has 0 aromatic heterocycles. The molecule has 0 radical (unpaired) electrons. The van der Waals surface area contributed by atoms with Gasteiger partial charge >= 0.3 is 0 Å². The predicted molar refractivity (Wildman–Crippen MR) is 133 cm³/mol. The maximum atomic E-state index is 12.4. The van der Waals surface area contributed by atoms with Crippen LogP contribution in [-0.4, -0.2) is 33.7 Å². The Morgan fingerprint density at radius 2 is 1.73 bits per heavy atom. The second-order valence-corrected chi connectivity index (χ2v) is 10.2. The number of ether oxygens (including phenoxy) is 1. The minimum Gasteiger partial charge on any atom is -0.492 e. The highest BCUT2D eigenvalue weighted by atomic mass is 35.5.